The van der Waals surface area contributed by atoms with Gasteiger partial charge >= 0.3 is 0 Å². The third-order valence-corrected chi connectivity index (χ3v) is 4.73. The second-order valence-corrected chi connectivity index (χ2v) is 4.97. The minimum atomic E-state index is 0.828. The van der Waals surface area contributed by atoms with Gasteiger partial charge in [0.05, 0.1) is 0 Å². The Kier molecular flexibility index (Phi) is 1.57. The van der Waals surface area contributed by atoms with Crippen molar-refractivity contribution in [3.63, 3.8) is 0 Å². The molecule has 0 nitrogen and oxygen atoms in total. The largest absolute Gasteiger partial charge is 0.161 e. The van der Waals surface area contributed by atoms with Gasteiger partial charge in [-0.2, -0.15) is 11.8 Å². The van der Waals surface area contributed by atoms with Gasteiger partial charge in [-0.05, 0) is 35.7 Å². The first-order valence-electron chi connectivity index (χ1n) is 3.51. The van der Waals surface area contributed by atoms with Gasteiger partial charge in [-0.15, -0.1) is 0 Å². The van der Waals surface area contributed by atoms with Crippen LogP contribution < -0.4 is 0 Å². The second kappa shape index (κ2) is 2.16. The molecule has 2 unspecified atom stereocenters. The summed E-state index contributed by atoms with van der Waals surface area (Å²) in [4.78, 5) is 0. The molecule has 1 heterocycles. The first kappa shape index (κ1) is 6.53. The summed E-state index contributed by atoms with van der Waals surface area (Å²) in [5, 5.41) is 1.24. The molecule has 0 N–H and O–H groups in total. The smallest absolute Gasteiger partial charge is 0.00654 e. The van der Waals surface area contributed by atoms with Crippen LogP contribution in [-0.2, 0) is 0 Å². The number of halogens is 1. The van der Waals surface area contributed by atoms with E-state index in [1.807, 2.05) is 0 Å². The molecule has 1 aliphatic heterocycles. The highest BCUT2D eigenvalue weighted by Crippen LogP contribution is 2.61. The van der Waals surface area contributed by atoms with E-state index in [2.05, 4.69) is 27.7 Å². The average molecular weight is 207 g/mol. The van der Waals surface area contributed by atoms with Crippen molar-refractivity contribution < 1.29 is 0 Å². The predicted molar refractivity (Wildman–Crippen MR) is 46.3 cm³/mol. The zero-order valence-corrected chi connectivity index (χ0v) is 7.80. The van der Waals surface area contributed by atoms with Gasteiger partial charge in [-0.3, -0.25) is 0 Å². The number of hydrogen-bond donors (Lipinski definition) is 0. The van der Waals surface area contributed by atoms with Crippen LogP contribution >= 0.6 is 27.7 Å². The van der Waals surface area contributed by atoms with E-state index in [4.69, 9.17) is 0 Å². The third kappa shape index (κ3) is 0.949. The summed E-state index contributed by atoms with van der Waals surface area (Å²) in [5.41, 5.74) is 0.828. The number of hydrogen-bond acceptors (Lipinski definition) is 1. The van der Waals surface area contributed by atoms with Crippen molar-refractivity contribution in [1.82, 2.24) is 0 Å². The molecule has 2 atom stereocenters. The Hall–Kier alpha value is 0.830. The van der Waals surface area contributed by atoms with E-state index in [9.17, 15) is 0 Å². The summed E-state index contributed by atoms with van der Waals surface area (Å²) >= 11 is 5.69. The Labute approximate surface area is 68.9 Å². The monoisotopic (exact) mass is 206 g/mol. The molecule has 0 aromatic carbocycles. The van der Waals surface area contributed by atoms with Crippen molar-refractivity contribution in [3.8, 4) is 0 Å². The zero-order valence-electron chi connectivity index (χ0n) is 5.40. The molecule has 1 spiro atoms. The Morgan fingerprint density at radius 2 is 2.56 bits per heavy atom. The molecule has 1 saturated heterocycles. The van der Waals surface area contributed by atoms with E-state index >= 15 is 0 Å². The molecular weight excluding hydrogens is 196 g/mol. The van der Waals surface area contributed by atoms with Crippen LogP contribution in [0.4, 0.5) is 0 Å². The predicted octanol–water partition coefficient (Wildman–Crippen LogP) is 2.52. The maximum Gasteiger partial charge on any atom is 0.00654 e. The van der Waals surface area contributed by atoms with Gasteiger partial charge < -0.3 is 0 Å². The van der Waals surface area contributed by atoms with E-state index < -0.39 is 0 Å². The molecule has 0 bridgehead atoms. The van der Waals surface area contributed by atoms with Crippen LogP contribution in [0.5, 0.6) is 0 Å². The van der Waals surface area contributed by atoms with Crippen LogP contribution in [0.1, 0.15) is 12.8 Å². The Bertz CT molecular complexity index is 118. The van der Waals surface area contributed by atoms with Gasteiger partial charge in [0.25, 0.3) is 0 Å². The summed E-state index contributed by atoms with van der Waals surface area (Å²) < 4.78 is 0. The van der Waals surface area contributed by atoms with Gasteiger partial charge in [-0.25, -0.2) is 0 Å². The van der Waals surface area contributed by atoms with Crippen molar-refractivity contribution in [3.05, 3.63) is 0 Å². The van der Waals surface area contributed by atoms with Crippen molar-refractivity contribution in [1.29, 1.82) is 0 Å². The Morgan fingerprint density at radius 1 is 1.67 bits per heavy atom. The van der Waals surface area contributed by atoms with Crippen molar-refractivity contribution in [2.75, 3.05) is 16.8 Å². The molecule has 2 heteroatoms. The fourth-order valence-electron chi connectivity index (χ4n) is 1.76. The van der Waals surface area contributed by atoms with Gasteiger partial charge in [0.2, 0.25) is 0 Å². The molecule has 52 valence electrons. The highest BCUT2D eigenvalue weighted by molar-refractivity contribution is 9.09. The standard InChI is InChI=1S/C7H11BrS/c8-4-6-3-7(6)1-2-9-5-7/h6H,1-5H2. The highest BCUT2D eigenvalue weighted by atomic mass is 79.9. The lowest BCUT2D eigenvalue weighted by molar-refractivity contribution is 0.541. The second-order valence-electron chi connectivity index (χ2n) is 3.22. The minimum absolute atomic E-state index is 0.828. The van der Waals surface area contributed by atoms with Crippen LogP contribution in [0.3, 0.4) is 0 Å². The van der Waals surface area contributed by atoms with E-state index in [0.717, 1.165) is 11.3 Å². The molecule has 9 heavy (non-hydrogen) atoms. The van der Waals surface area contributed by atoms with E-state index in [-0.39, 0.29) is 0 Å². The maximum absolute atomic E-state index is 3.55. The van der Waals surface area contributed by atoms with Crippen LogP contribution in [0.2, 0.25) is 0 Å². The highest BCUT2D eigenvalue weighted by Gasteiger charge is 2.54. The van der Waals surface area contributed by atoms with E-state index in [0.29, 0.717) is 0 Å². The summed E-state index contributed by atoms with van der Waals surface area (Å²) in [6.45, 7) is 0. The molecule has 0 radical (unpaired) electrons. The summed E-state index contributed by atoms with van der Waals surface area (Å²) in [5.74, 6) is 3.90. The number of rotatable bonds is 1. The van der Waals surface area contributed by atoms with Gasteiger partial charge in [0.15, 0.2) is 0 Å². The SMILES string of the molecule is BrCC1CC12CCSC2. The summed E-state index contributed by atoms with van der Waals surface area (Å²) in [7, 11) is 0. The maximum atomic E-state index is 3.55. The summed E-state index contributed by atoms with van der Waals surface area (Å²) in [6.07, 6.45) is 3.00. The van der Waals surface area contributed by atoms with Crippen molar-refractivity contribution in [2.45, 2.75) is 12.8 Å². The van der Waals surface area contributed by atoms with Gasteiger partial charge in [0.1, 0.15) is 0 Å². The molecule has 2 fully saturated rings. The molecule has 0 aromatic rings. The lowest BCUT2D eigenvalue weighted by atomic mass is 10.0. The quantitative estimate of drug-likeness (QED) is 0.595. The fraction of sp³-hybridized carbons (Fsp3) is 1.00. The first-order chi connectivity index (χ1) is 4.37. The molecule has 2 aliphatic rings. The lowest BCUT2D eigenvalue weighted by Gasteiger charge is -2.02. The number of alkyl halides is 1. The molecule has 2 rings (SSSR count). The van der Waals surface area contributed by atoms with Crippen LogP contribution in [-0.4, -0.2) is 16.8 Å². The third-order valence-electron chi connectivity index (χ3n) is 2.68. The zero-order chi connectivity index (χ0) is 6.32. The Balaban J connectivity index is 1.97. The topological polar surface area (TPSA) is 0 Å². The van der Waals surface area contributed by atoms with Crippen LogP contribution in [0.25, 0.3) is 0 Å². The van der Waals surface area contributed by atoms with E-state index in [1.165, 1.54) is 29.7 Å². The lowest BCUT2D eigenvalue weighted by Crippen LogP contribution is -2.01. The molecule has 0 aromatic heterocycles. The van der Waals surface area contributed by atoms with Crippen LogP contribution in [0.15, 0.2) is 0 Å². The molecular formula is C7H11BrS. The molecule has 1 aliphatic carbocycles. The first-order valence-corrected chi connectivity index (χ1v) is 5.79. The molecule has 1 saturated carbocycles. The van der Waals surface area contributed by atoms with Gasteiger partial charge in [-0.1, -0.05) is 15.9 Å². The van der Waals surface area contributed by atoms with Crippen LogP contribution in [0, 0.1) is 11.3 Å². The van der Waals surface area contributed by atoms with Crippen molar-refractivity contribution >= 4 is 27.7 Å². The minimum Gasteiger partial charge on any atom is -0.161 e. The average Bonchev–Trinajstić information content (AvgIpc) is 2.30. The molecule has 0 amide bonds. The van der Waals surface area contributed by atoms with Crippen molar-refractivity contribution in [2.24, 2.45) is 11.3 Å². The summed E-state index contributed by atoms with van der Waals surface area (Å²) in [6, 6.07) is 0. The normalized spacial score (nSPS) is 48.3. The fourth-order valence-corrected chi connectivity index (χ4v) is 4.27. The number of thioether (sulfide) groups is 1. The Morgan fingerprint density at radius 3 is 3.00 bits per heavy atom. The van der Waals surface area contributed by atoms with E-state index in [1.54, 1.807) is 0 Å². The van der Waals surface area contributed by atoms with Gasteiger partial charge in [0, 0.05) is 5.33 Å².